The Hall–Kier alpha value is -2.08. The summed E-state index contributed by atoms with van der Waals surface area (Å²) in [6.07, 6.45) is 0. The number of anilines is 1. The average Bonchev–Trinajstić information content (AvgIpc) is 2.73. The number of hydrogen-bond acceptors (Lipinski definition) is 4. The highest BCUT2D eigenvalue weighted by Crippen LogP contribution is 2.25. The van der Waals surface area contributed by atoms with Crippen molar-refractivity contribution in [2.45, 2.75) is 0 Å². The van der Waals surface area contributed by atoms with E-state index in [1.54, 1.807) is 17.7 Å². The Balaban J connectivity index is 2.30. The van der Waals surface area contributed by atoms with E-state index in [4.69, 9.17) is 10.5 Å². The molecule has 0 aliphatic carbocycles. The number of ether oxygens (including phenoxy) is 1. The van der Waals surface area contributed by atoms with Crippen LogP contribution >= 0.6 is 15.9 Å². The van der Waals surface area contributed by atoms with Crippen molar-refractivity contribution in [1.82, 2.24) is 14.5 Å². The number of fused-ring (bicyclic) bond motifs is 1. The first kappa shape index (κ1) is 12.0. The minimum Gasteiger partial charge on any atom is -0.481 e. The molecule has 3 aromatic rings. The predicted octanol–water partition coefficient (Wildman–Crippen LogP) is 2.77. The number of hydrogen-bond donors (Lipinski definition) is 1. The van der Waals surface area contributed by atoms with E-state index in [0.29, 0.717) is 17.5 Å². The number of methoxy groups -OCH3 is 1. The number of nitrogen functional groups attached to an aromatic ring is 1. The highest BCUT2D eigenvalue weighted by atomic mass is 79.9. The van der Waals surface area contributed by atoms with Gasteiger partial charge in [-0.1, -0.05) is 22.0 Å². The van der Waals surface area contributed by atoms with Crippen LogP contribution < -0.4 is 10.5 Å². The van der Waals surface area contributed by atoms with Crippen LogP contribution in [0.5, 0.6) is 5.88 Å². The van der Waals surface area contributed by atoms with Crippen molar-refractivity contribution >= 4 is 33.0 Å². The van der Waals surface area contributed by atoms with Crippen LogP contribution in [0.3, 0.4) is 0 Å². The summed E-state index contributed by atoms with van der Waals surface area (Å²) in [4.78, 5) is 8.71. The molecule has 5 nitrogen and oxygen atoms in total. The number of imidazole rings is 1. The molecule has 3 rings (SSSR count). The summed E-state index contributed by atoms with van der Waals surface area (Å²) in [5.41, 5.74) is 8.29. The molecule has 19 heavy (non-hydrogen) atoms. The van der Waals surface area contributed by atoms with Gasteiger partial charge < -0.3 is 10.5 Å². The Morgan fingerprint density at radius 2 is 2.05 bits per heavy atom. The third-order valence-corrected chi connectivity index (χ3v) is 3.27. The maximum absolute atomic E-state index is 5.98. The maximum Gasteiger partial charge on any atom is 0.215 e. The fraction of sp³-hybridized carbons (Fsp3) is 0.0769. The van der Waals surface area contributed by atoms with Crippen LogP contribution in [0, 0.1) is 0 Å². The van der Waals surface area contributed by atoms with Crippen LogP contribution in [0.25, 0.3) is 16.9 Å². The summed E-state index contributed by atoms with van der Waals surface area (Å²) in [5.74, 6) is 0.928. The fourth-order valence-corrected chi connectivity index (χ4v) is 2.33. The van der Waals surface area contributed by atoms with Gasteiger partial charge in [-0.05, 0) is 24.3 Å². The van der Waals surface area contributed by atoms with E-state index in [1.807, 2.05) is 30.3 Å². The van der Waals surface area contributed by atoms with Gasteiger partial charge in [0, 0.05) is 10.5 Å². The first-order chi connectivity index (χ1) is 9.19. The quantitative estimate of drug-likeness (QED) is 0.789. The number of halogens is 1. The van der Waals surface area contributed by atoms with Crippen molar-refractivity contribution in [2.24, 2.45) is 0 Å². The first-order valence-corrected chi connectivity index (χ1v) is 6.43. The van der Waals surface area contributed by atoms with E-state index in [1.165, 1.54) is 0 Å². The van der Waals surface area contributed by atoms with Gasteiger partial charge in [0.25, 0.3) is 0 Å². The van der Waals surface area contributed by atoms with Gasteiger partial charge in [-0.3, -0.25) is 4.57 Å². The molecule has 1 aromatic carbocycles. The molecule has 0 amide bonds. The van der Waals surface area contributed by atoms with Gasteiger partial charge in [-0.25, -0.2) is 4.98 Å². The lowest BCUT2D eigenvalue weighted by atomic mass is 10.3. The zero-order valence-electron chi connectivity index (χ0n) is 10.2. The number of benzene rings is 1. The van der Waals surface area contributed by atoms with Crippen molar-refractivity contribution in [1.29, 1.82) is 0 Å². The van der Waals surface area contributed by atoms with Crippen molar-refractivity contribution in [2.75, 3.05) is 12.8 Å². The van der Waals surface area contributed by atoms with E-state index < -0.39 is 0 Å². The van der Waals surface area contributed by atoms with Crippen LogP contribution in [0.1, 0.15) is 0 Å². The molecule has 0 saturated carbocycles. The van der Waals surface area contributed by atoms with E-state index >= 15 is 0 Å². The monoisotopic (exact) mass is 318 g/mol. The van der Waals surface area contributed by atoms with Crippen molar-refractivity contribution in [3.8, 4) is 11.6 Å². The second-order valence-electron chi connectivity index (χ2n) is 3.98. The molecular formula is C13H11BrN4O. The summed E-state index contributed by atoms with van der Waals surface area (Å²) >= 11 is 3.44. The largest absolute Gasteiger partial charge is 0.481 e. The van der Waals surface area contributed by atoms with Gasteiger partial charge in [0.05, 0.1) is 12.8 Å². The molecule has 96 valence electrons. The third kappa shape index (κ3) is 2.04. The topological polar surface area (TPSA) is 66.0 Å². The second kappa shape index (κ2) is 4.55. The predicted molar refractivity (Wildman–Crippen MR) is 77.5 cm³/mol. The zero-order valence-corrected chi connectivity index (χ0v) is 11.8. The Morgan fingerprint density at radius 3 is 2.79 bits per heavy atom. The van der Waals surface area contributed by atoms with Crippen molar-refractivity contribution < 1.29 is 4.74 Å². The summed E-state index contributed by atoms with van der Waals surface area (Å²) in [5, 5.41) is 0. The van der Waals surface area contributed by atoms with Crippen LogP contribution in [-0.2, 0) is 0 Å². The van der Waals surface area contributed by atoms with E-state index in [0.717, 1.165) is 15.7 Å². The standard InChI is InChI=1S/C13H11BrN4O/c1-19-11-6-5-10-12(17-11)18(13(15)16-10)9-4-2-3-8(14)7-9/h2-7H,1H3,(H2,15,16). The Bertz CT molecular complexity index is 753. The number of rotatable bonds is 2. The smallest absolute Gasteiger partial charge is 0.215 e. The number of aromatic nitrogens is 3. The lowest BCUT2D eigenvalue weighted by molar-refractivity contribution is 0.399. The lowest BCUT2D eigenvalue weighted by Gasteiger charge is -2.06. The summed E-state index contributed by atoms with van der Waals surface area (Å²) in [6, 6.07) is 11.4. The molecule has 0 radical (unpaired) electrons. The fourth-order valence-electron chi connectivity index (χ4n) is 1.94. The van der Waals surface area contributed by atoms with Crippen LogP contribution in [0.15, 0.2) is 40.9 Å². The normalized spacial score (nSPS) is 10.8. The number of pyridine rings is 1. The molecular weight excluding hydrogens is 308 g/mol. The summed E-state index contributed by atoms with van der Waals surface area (Å²) in [6.45, 7) is 0. The van der Waals surface area contributed by atoms with Crippen molar-refractivity contribution in [3.63, 3.8) is 0 Å². The van der Waals surface area contributed by atoms with Crippen molar-refractivity contribution in [3.05, 3.63) is 40.9 Å². The van der Waals surface area contributed by atoms with Crippen LogP contribution in [-0.4, -0.2) is 21.6 Å². The van der Waals surface area contributed by atoms with Crippen LogP contribution in [0.4, 0.5) is 5.95 Å². The Kier molecular flexibility index (Phi) is 2.87. The lowest BCUT2D eigenvalue weighted by Crippen LogP contribution is -2.01. The molecule has 0 fully saturated rings. The highest BCUT2D eigenvalue weighted by Gasteiger charge is 2.12. The average molecular weight is 319 g/mol. The van der Waals surface area contributed by atoms with Gasteiger partial charge in [0.1, 0.15) is 5.52 Å². The van der Waals surface area contributed by atoms with Gasteiger partial charge in [0.15, 0.2) is 5.65 Å². The molecule has 0 spiro atoms. The molecule has 2 aromatic heterocycles. The van der Waals surface area contributed by atoms with E-state index in [-0.39, 0.29) is 0 Å². The molecule has 0 aliphatic heterocycles. The van der Waals surface area contributed by atoms with Gasteiger partial charge in [0.2, 0.25) is 11.8 Å². The van der Waals surface area contributed by atoms with Gasteiger partial charge >= 0.3 is 0 Å². The second-order valence-corrected chi connectivity index (χ2v) is 4.90. The minimum atomic E-state index is 0.397. The first-order valence-electron chi connectivity index (χ1n) is 5.64. The molecule has 0 bridgehead atoms. The highest BCUT2D eigenvalue weighted by molar-refractivity contribution is 9.10. The summed E-state index contributed by atoms with van der Waals surface area (Å²) < 4.78 is 7.90. The Labute approximate surface area is 118 Å². The molecule has 0 unspecified atom stereocenters. The third-order valence-electron chi connectivity index (χ3n) is 2.78. The summed E-state index contributed by atoms with van der Waals surface area (Å²) in [7, 11) is 1.58. The van der Waals surface area contributed by atoms with Gasteiger partial charge in [-0.15, -0.1) is 0 Å². The molecule has 2 N–H and O–H groups in total. The Morgan fingerprint density at radius 1 is 1.21 bits per heavy atom. The minimum absolute atomic E-state index is 0.397. The van der Waals surface area contributed by atoms with Gasteiger partial charge in [-0.2, -0.15) is 4.98 Å². The number of nitrogens with two attached hydrogens (primary N) is 1. The molecule has 2 heterocycles. The maximum atomic E-state index is 5.98. The van der Waals surface area contributed by atoms with E-state index in [2.05, 4.69) is 25.9 Å². The van der Waals surface area contributed by atoms with E-state index in [9.17, 15) is 0 Å². The molecule has 0 aliphatic rings. The van der Waals surface area contributed by atoms with Crippen LogP contribution in [0.2, 0.25) is 0 Å². The molecule has 0 atom stereocenters. The zero-order chi connectivity index (χ0) is 13.4. The SMILES string of the molecule is COc1ccc2nc(N)n(-c3cccc(Br)c3)c2n1. The molecule has 0 saturated heterocycles. The number of nitrogens with zero attached hydrogens (tertiary/aromatic N) is 3. The molecule has 6 heteroatoms.